The third-order valence-electron chi connectivity index (χ3n) is 2.39. The largest absolute Gasteiger partial charge is 0.445 e. The number of halogens is 3. The van der Waals surface area contributed by atoms with E-state index in [1.807, 2.05) is 0 Å². The minimum absolute atomic E-state index is 0.0194. The highest BCUT2D eigenvalue weighted by molar-refractivity contribution is 7.15. The molecule has 1 aromatic rings. The molecule has 1 N–H and O–H groups in total. The Kier molecular flexibility index (Phi) is 2.94. The normalized spacial score (nSPS) is 21.1. The third-order valence-corrected chi connectivity index (χ3v) is 3.29. The third kappa shape index (κ3) is 2.48. The van der Waals surface area contributed by atoms with Crippen LogP contribution in [0.3, 0.4) is 0 Å². The number of hydrogen-bond donors (Lipinski definition) is 1. The number of likely N-dealkylation sites (tertiary alicyclic amines) is 1. The molecule has 1 aliphatic rings. The van der Waals surface area contributed by atoms with E-state index in [1.54, 1.807) is 7.05 Å². The van der Waals surface area contributed by atoms with Gasteiger partial charge in [-0.15, -0.1) is 10.2 Å². The number of rotatable bonds is 2. The molecule has 1 aliphatic heterocycles. The van der Waals surface area contributed by atoms with Crippen LogP contribution >= 0.6 is 11.3 Å². The fourth-order valence-corrected chi connectivity index (χ4v) is 2.16. The van der Waals surface area contributed by atoms with Crippen molar-refractivity contribution in [3.8, 4) is 0 Å². The van der Waals surface area contributed by atoms with Gasteiger partial charge in [-0.3, -0.25) is 4.79 Å². The van der Waals surface area contributed by atoms with Crippen LogP contribution < -0.4 is 5.32 Å². The zero-order valence-corrected chi connectivity index (χ0v) is 9.60. The van der Waals surface area contributed by atoms with Crippen LogP contribution in [0.2, 0.25) is 0 Å². The van der Waals surface area contributed by atoms with Crippen molar-refractivity contribution in [2.75, 3.05) is 18.9 Å². The van der Waals surface area contributed by atoms with Crippen molar-refractivity contribution in [3.63, 3.8) is 0 Å². The van der Waals surface area contributed by atoms with Gasteiger partial charge in [0.2, 0.25) is 16.0 Å². The number of amides is 1. The number of likely N-dealkylation sites (N-methyl/N-ethyl adjacent to an activating group) is 1. The molecule has 94 valence electrons. The van der Waals surface area contributed by atoms with E-state index in [2.05, 4.69) is 15.5 Å². The number of carbonyl (C=O) groups excluding carboxylic acids is 1. The summed E-state index contributed by atoms with van der Waals surface area (Å²) in [6.07, 6.45) is -3.94. The Morgan fingerprint density at radius 2 is 2.18 bits per heavy atom. The Bertz CT molecular complexity index is 433. The second-order valence-corrected chi connectivity index (χ2v) is 4.63. The van der Waals surface area contributed by atoms with Gasteiger partial charge in [-0.25, -0.2) is 0 Å². The SMILES string of the molecule is CN1CCC(Nc2nnc(C(F)(F)F)s2)C1=O. The molecule has 1 atom stereocenters. The highest BCUT2D eigenvalue weighted by Crippen LogP contribution is 2.33. The summed E-state index contributed by atoms with van der Waals surface area (Å²) in [5.74, 6) is -0.145. The lowest BCUT2D eigenvalue weighted by molar-refractivity contribution is -0.138. The molecule has 0 saturated carbocycles. The molecule has 1 unspecified atom stereocenters. The second kappa shape index (κ2) is 4.13. The number of aromatic nitrogens is 2. The van der Waals surface area contributed by atoms with Gasteiger partial charge < -0.3 is 10.2 Å². The molecule has 5 nitrogen and oxygen atoms in total. The summed E-state index contributed by atoms with van der Waals surface area (Å²) in [5.41, 5.74) is 0. The van der Waals surface area contributed by atoms with Crippen molar-refractivity contribution in [2.24, 2.45) is 0 Å². The molecule has 1 fully saturated rings. The average molecular weight is 266 g/mol. The molecule has 0 aromatic carbocycles. The topological polar surface area (TPSA) is 58.1 Å². The van der Waals surface area contributed by atoms with Crippen molar-refractivity contribution >= 4 is 22.4 Å². The predicted octanol–water partition coefficient (Wildman–Crippen LogP) is 1.20. The maximum atomic E-state index is 12.3. The Hall–Kier alpha value is -1.38. The highest BCUT2D eigenvalue weighted by atomic mass is 32.1. The molecule has 0 aliphatic carbocycles. The summed E-state index contributed by atoms with van der Waals surface area (Å²) in [5, 5.41) is 8.07. The summed E-state index contributed by atoms with van der Waals surface area (Å²) < 4.78 is 36.8. The molecule has 2 heterocycles. The lowest BCUT2D eigenvalue weighted by Crippen LogP contribution is -2.30. The summed E-state index contributed by atoms with van der Waals surface area (Å²) >= 11 is 0.401. The van der Waals surface area contributed by atoms with Crippen LogP contribution in [0.15, 0.2) is 0 Å². The lowest BCUT2D eigenvalue weighted by Gasteiger charge is -2.10. The van der Waals surface area contributed by atoms with Gasteiger partial charge in [-0.1, -0.05) is 11.3 Å². The summed E-state index contributed by atoms with van der Waals surface area (Å²) in [6.45, 7) is 0.585. The fourth-order valence-electron chi connectivity index (χ4n) is 1.50. The quantitative estimate of drug-likeness (QED) is 0.873. The molecular formula is C8H9F3N4OS. The van der Waals surface area contributed by atoms with Crippen LogP contribution in [0.4, 0.5) is 18.3 Å². The second-order valence-electron chi connectivity index (χ2n) is 3.66. The van der Waals surface area contributed by atoms with Gasteiger partial charge >= 0.3 is 6.18 Å². The molecule has 2 rings (SSSR count). The summed E-state index contributed by atoms with van der Waals surface area (Å²) in [7, 11) is 1.64. The Balaban J connectivity index is 2.05. The molecule has 9 heteroatoms. The lowest BCUT2D eigenvalue weighted by atomic mass is 10.2. The zero-order chi connectivity index (χ0) is 12.6. The van der Waals surface area contributed by atoms with Crippen molar-refractivity contribution in [1.82, 2.24) is 15.1 Å². The van der Waals surface area contributed by atoms with Crippen LogP contribution in [0.5, 0.6) is 0 Å². The molecule has 0 spiro atoms. The van der Waals surface area contributed by atoms with Crippen molar-refractivity contribution in [1.29, 1.82) is 0 Å². The Morgan fingerprint density at radius 1 is 1.47 bits per heavy atom. The van der Waals surface area contributed by atoms with E-state index in [0.29, 0.717) is 24.3 Å². The highest BCUT2D eigenvalue weighted by Gasteiger charge is 2.36. The van der Waals surface area contributed by atoms with Gasteiger partial charge in [-0.2, -0.15) is 13.2 Å². The first kappa shape index (κ1) is 12.1. The minimum atomic E-state index is -4.49. The van der Waals surface area contributed by atoms with E-state index >= 15 is 0 Å². The van der Waals surface area contributed by atoms with Crippen LogP contribution in [0.25, 0.3) is 0 Å². The Labute approximate surface area is 98.6 Å². The van der Waals surface area contributed by atoms with Gasteiger partial charge in [0.25, 0.3) is 0 Å². The molecular weight excluding hydrogens is 257 g/mol. The molecule has 1 amide bonds. The van der Waals surface area contributed by atoms with Crippen LogP contribution in [-0.2, 0) is 11.0 Å². The maximum absolute atomic E-state index is 12.3. The summed E-state index contributed by atoms with van der Waals surface area (Å²) in [6, 6.07) is -0.506. The number of anilines is 1. The molecule has 1 saturated heterocycles. The van der Waals surface area contributed by atoms with E-state index in [1.165, 1.54) is 4.90 Å². The van der Waals surface area contributed by atoms with Crippen LogP contribution in [-0.4, -0.2) is 40.6 Å². The molecule has 1 aromatic heterocycles. The molecule has 0 radical (unpaired) electrons. The first-order valence-corrected chi connectivity index (χ1v) is 5.62. The van der Waals surface area contributed by atoms with Crippen molar-refractivity contribution in [2.45, 2.75) is 18.6 Å². The van der Waals surface area contributed by atoms with Gasteiger partial charge in [0, 0.05) is 13.6 Å². The number of hydrogen-bond acceptors (Lipinski definition) is 5. The van der Waals surface area contributed by atoms with E-state index in [4.69, 9.17) is 0 Å². The molecule has 0 bridgehead atoms. The fraction of sp³-hybridized carbons (Fsp3) is 0.625. The number of nitrogens with one attached hydrogen (secondary N) is 1. The first-order valence-electron chi connectivity index (χ1n) is 4.80. The van der Waals surface area contributed by atoms with Gasteiger partial charge in [-0.05, 0) is 6.42 Å². The number of alkyl halides is 3. The van der Waals surface area contributed by atoms with Crippen molar-refractivity contribution < 1.29 is 18.0 Å². The monoisotopic (exact) mass is 266 g/mol. The van der Waals surface area contributed by atoms with Crippen LogP contribution in [0.1, 0.15) is 11.4 Å². The van der Waals surface area contributed by atoms with Crippen molar-refractivity contribution in [3.05, 3.63) is 5.01 Å². The van der Waals surface area contributed by atoms with Crippen LogP contribution in [0, 0.1) is 0 Å². The van der Waals surface area contributed by atoms with Gasteiger partial charge in [0.15, 0.2) is 0 Å². The van der Waals surface area contributed by atoms with E-state index in [0.717, 1.165) is 0 Å². The van der Waals surface area contributed by atoms with Gasteiger partial charge in [0.1, 0.15) is 6.04 Å². The smallest absolute Gasteiger partial charge is 0.348 e. The molecule has 17 heavy (non-hydrogen) atoms. The zero-order valence-electron chi connectivity index (χ0n) is 8.78. The van der Waals surface area contributed by atoms with E-state index in [-0.39, 0.29) is 11.0 Å². The van der Waals surface area contributed by atoms with Gasteiger partial charge in [0.05, 0.1) is 0 Å². The predicted molar refractivity (Wildman–Crippen MR) is 54.6 cm³/mol. The van der Waals surface area contributed by atoms with E-state index < -0.39 is 17.2 Å². The summed E-state index contributed by atoms with van der Waals surface area (Å²) in [4.78, 5) is 13.0. The number of carbonyl (C=O) groups is 1. The first-order chi connectivity index (χ1) is 7.88. The van der Waals surface area contributed by atoms with E-state index in [9.17, 15) is 18.0 Å². The maximum Gasteiger partial charge on any atom is 0.445 e. The number of nitrogens with zero attached hydrogens (tertiary/aromatic N) is 3. The standard InChI is InChI=1S/C8H9F3N4OS/c1-15-3-2-4(5(15)16)12-7-14-13-6(17-7)8(9,10)11/h4H,2-3H2,1H3,(H,12,14). The minimum Gasteiger partial charge on any atom is -0.348 e. The Morgan fingerprint density at radius 3 is 2.65 bits per heavy atom. The average Bonchev–Trinajstić information content (AvgIpc) is 2.80.